The molecule has 9 nitrogen and oxygen atoms in total. The maximum absolute atomic E-state index is 13.7. The molecule has 178 valence electrons. The third-order valence-electron chi connectivity index (χ3n) is 6.91. The number of carbonyl (C=O) groups excluding carboxylic acids is 3. The van der Waals surface area contributed by atoms with E-state index in [2.05, 4.69) is 4.90 Å². The van der Waals surface area contributed by atoms with E-state index in [9.17, 15) is 14.4 Å². The molecule has 9 heteroatoms. The number of hydrogen-bond acceptors (Lipinski definition) is 6. The number of carbonyl (C=O) groups is 3. The molecule has 0 spiro atoms. The number of benzene rings is 2. The molecule has 0 unspecified atom stereocenters. The summed E-state index contributed by atoms with van der Waals surface area (Å²) in [6.45, 7) is 3.24. The van der Waals surface area contributed by atoms with Crippen LogP contribution >= 0.6 is 0 Å². The molecule has 3 aliphatic heterocycles. The highest BCUT2D eigenvalue weighted by molar-refractivity contribution is 6.18. The lowest BCUT2D eigenvalue weighted by molar-refractivity contribution is -0.133. The Bertz CT molecular complexity index is 1160. The van der Waals surface area contributed by atoms with Gasteiger partial charge >= 0.3 is 0 Å². The number of amides is 3. The van der Waals surface area contributed by atoms with E-state index in [4.69, 9.17) is 9.47 Å². The lowest BCUT2D eigenvalue weighted by Crippen LogP contribution is -2.50. The van der Waals surface area contributed by atoms with Crippen LogP contribution in [-0.2, 0) is 4.79 Å². The Labute approximate surface area is 198 Å². The molecule has 0 N–H and O–H groups in total. The van der Waals surface area contributed by atoms with Crippen molar-refractivity contribution in [2.24, 2.45) is 0 Å². The zero-order chi connectivity index (χ0) is 24.0. The molecule has 3 amide bonds. The van der Waals surface area contributed by atoms with Crippen LogP contribution in [0.3, 0.4) is 0 Å². The minimum Gasteiger partial charge on any atom is -0.493 e. The Balaban J connectivity index is 1.51. The van der Waals surface area contributed by atoms with Crippen LogP contribution in [0.5, 0.6) is 11.5 Å². The van der Waals surface area contributed by atoms with Gasteiger partial charge in [-0.25, -0.2) is 0 Å². The van der Waals surface area contributed by atoms with Gasteiger partial charge in [-0.2, -0.15) is 0 Å². The van der Waals surface area contributed by atoms with Crippen molar-refractivity contribution in [1.82, 2.24) is 14.7 Å². The van der Waals surface area contributed by atoms with Gasteiger partial charge in [-0.1, -0.05) is 18.2 Å². The zero-order valence-corrected chi connectivity index (χ0v) is 19.6. The third kappa shape index (κ3) is 3.38. The van der Waals surface area contributed by atoms with E-state index in [1.54, 1.807) is 40.1 Å². The van der Waals surface area contributed by atoms with Crippen LogP contribution in [0.25, 0.3) is 0 Å². The maximum atomic E-state index is 13.7. The van der Waals surface area contributed by atoms with Gasteiger partial charge in [-0.05, 0) is 25.2 Å². The second-order valence-electron chi connectivity index (χ2n) is 8.76. The number of piperazine rings is 1. The Kier molecular flexibility index (Phi) is 5.65. The molecule has 34 heavy (non-hydrogen) atoms. The van der Waals surface area contributed by atoms with Gasteiger partial charge in [0, 0.05) is 44.7 Å². The standard InChI is InChI=1S/C25H28N4O5/c1-26-12-14-27(15-13-26)20(30)10-11-28-23-17-8-9-19(33-2)22(34-3)21(17)25(32)29(23)18-7-5-4-6-16(18)24(28)31/h4-9,23H,10-15H2,1-3H3/t23-/m1/s1. The predicted molar refractivity (Wildman–Crippen MR) is 125 cm³/mol. The van der Waals surface area contributed by atoms with Crippen LogP contribution < -0.4 is 14.4 Å². The molecule has 1 saturated heterocycles. The molecule has 2 aromatic carbocycles. The summed E-state index contributed by atoms with van der Waals surface area (Å²) in [5.74, 6) is 0.358. The molecule has 0 bridgehead atoms. The van der Waals surface area contributed by atoms with Crippen molar-refractivity contribution >= 4 is 23.4 Å². The third-order valence-corrected chi connectivity index (χ3v) is 6.91. The quantitative estimate of drug-likeness (QED) is 0.673. The zero-order valence-electron chi connectivity index (χ0n) is 19.6. The fraction of sp³-hybridized carbons (Fsp3) is 0.400. The molecule has 3 heterocycles. The van der Waals surface area contributed by atoms with E-state index in [-0.39, 0.29) is 30.7 Å². The van der Waals surface area contributed by atoms with Gasteiger partial charge in [0.25, 0.3) is 11.8 Å². The number of nitrogens with zero attached hydrogens (tertiary/aromatic N) is 4. The van der Waals surface area contributed by atoms with Gasteiger partial charge in [0.2, 0.25) is 5.91 Å². The van der Waals surface area contributed by atoms with Gasteiger partial charge < -0.3 is 24.2 Å². The number of ether oxygens (including phenoxy) is 2. The van der Waals surface area contributed by atoms with Crippen molar-refractivity contribution in [3.8, 4) is 11.5 Å². The molecule has 0 radical (unpaired) electrons. The Morgan fingerprint density at radius 3 is 2.41 bits per heavy atom. The van der Waals surface area contributed by atoms with Gasteiger partial charge in [-0.3, -0.25) is 19.3 Å². The summed E-state index contributed by atoms with van der Waals surface area (Å²) in [6, 6.07) is 10.6. The van der Waals surface area contributed by atoms with Crippen molar-refractivity contribution in [3.63, 3.8) is 0 Å². The van der Waals surface area contributed by atoms with Crippen molar-refractivity contribution in [3.05, 3.63) is 53.1 Å². The first-order valence-corrected chi connectivity index (χ1v) is 11.4. The number of anilines is 1. The smallest absolute Gasteiger partial charge is 0.264 e. The van der Waals surface area contributed by atoms with E-state index in [0.29, 0.717) is 47.0 Å². The Morgan fingerprint density at radius 2 is 1.71 bits per heavy atom. The van der Waals surface area contributed by atoms with E-state index >= 15 is 0 Å². The first kappa shape index (κ1) is 22.2. The largest absolute Gasteiger partial charge is 0.493 e. The molecular weight excluding hydrogens is 436 g/mol. The number of likely N-dealkylation sites (N-methyl/N-ethyl adjacent to an activating group) is 1. The van der Waals surface area contributed by atoms with Gasteiger partial charge in [0.15, 0.2) is 11.5 Å². The molecule has 0 saturated carbocycles. The molecule has 1 atom stereocenters. The SMILES string of the molecule is COc1ccc2c(c1OC)C(=O)N1c3ccccc3C(=O)N(CCC(=O)N3CCN(C)CC3)[C@@H]21. The summed E-state index contributed by atoms with van der Waals surface area (Å²) in [4.78, 5) is 47.5. The van der Waals surface area contributed by atoms with E-state index in [1.165, 1.54) is 14.2 Å². The van der Waals surface area contributed by atoms with E-state index in [1.807, 2.05) is 18.0 Å². The molecule has 1 fully saturated rings. The number of methoxy groups -OCH3 is 2. The van der Waals surface area contributed by atoms with Crippen LogP contribution in [0.1, 0.15) is 38.9 Å². The van der Waals surface area contributed by atoms with Crippen LogP contribution in [0.2, 0.25) is 0 Å². The number of fused-ring (bicyclic) bond motifs is 5. The lowest BCUT2D eigenvalue weighted by Gasteiger charge is -2.41. The highest BCUT2D eigenvalue weighted by Crippen LogP contribution is 2.49. The van der Waals surface area contributed by atoms with Crippen molar-refractivity contribution in [2.45, 2.75) is 12.6 Å². The number of para-hydroxylation sites is 1. The predicted octanol–water partition coefficient (Wildman–Crippen LogP) is 1.98. The summed E-state index contributed by atoms with van der Waals surface area (Å²) in [5, 5.41) is 0. The van der Waals surface area contributed by atoms with Gasteiger partial charge in [-0.15, -0.1) is 0 Å². The van der Waals surface area contributed by atoms with Crippen LogP contribution in [0.4, 0.5) is 5.69 Å². The van der Waals surface area contributed by atoms with Crippen LogP contribution in [0.15, 0.2) is 36.4 Å². The second kappa shape index (κ2) is 8.64. The average molecular weight is 465 g/mol. The fourth-order valence-electron chi connectivity index (χ4n) is 5.08. The molecular formula is C25H28N4O5. The fourth-order valence-corrected chi connectivity index (χ4v) is 5.08. The number of hydrogen-bond donors (Lipinski definition) is 0. The summed E-state index contributed by atoms with van der Waals surface area (Å²) >= 11 is 0. The van der Waals surface area contributed by atoms with Crippen molar-refractivity contribution in [1.29, 1.82) is 0 Å². The molecule has 5 rings (SSSR count). The molecule has 0 aliphatic carbocycles. The second-order valence-corrected chi connectivity index (χ2v) is 8.76. The van der Waals surface area contributed by atoms with Crippen molar-refractivity contribution in [2.75, 3.05) is 58.9 Å². The summed E-state index contributed by atoms with van der Waals surface area (Å²) in [5.41, 5.74) is 2.04. The van der Waals surface area contributed by atoms with Gasteiger partial charge in [0.1, 0.15) is 6.17 Å². The van der Waals surface area contributed by atoms with Gasteiger partial charge in [0.05, 0.1) is 31.0 Å². The van der Waals surface area contributed by atoms with Crippen LogP contribution in [-0.4, -0.2) is 86.4 Å². The first-order valence-electron chi connectivity index (χ1n) is 11.4. The molecule has 2 aromatic rings. The summed E-state index contributed by atoms with van der Waals surface area (Å²) in [6.07, 6.45) is -0.455. The van der Waals surface area contributed by atoms with Crippen molar-refractivity contribution < 1.29 is 23.9 Å². The highest BCUT2D eigenvalue weighted by atomic mass is 16.5. The average Bonchev–Trinajstić information content (AvgIpc) is 3.16. The highest BCUT2D eigenvalue weighted by Gasteiger charge is 2.49. The summed E-state index contributed by atoms with van der Waals surface area (Å²) < 4.78 is 11.0. The summed E-state index contributed by atoms with van der Waals surface area (Å²) in [7, 11) is 5.05. The molecule has 0 aromatic heterocycles. The Morgan fingerprint density at radius 1 is 0.971 bits per heavy atom. The lowest BCUT2D eigenvalue weighted by atomic mass is 10.0. The van der Waals surface area contributed by atoms with E-state index in [0.717, 1.165) is 13.1 Å². The Hall–Kier alpha value is -3.59. The van der Waals surface area contributed by atoms with Crippen LogP contribution in [0, 0.1) is 0 Å². The minimum atomic E-state index is -0.648. The minimum absolute atomic E-state index is 0.0168. The molecule has 3 aliphatic rings. The normalized spacial score (nSPS) is 19.6. The first-order chi connectivity index (χ1) is 16.5. The van der Waals surface area contributed by atoms with E-state index < -0.39 is 6.17 Å². The topological polar surface area (TPSA) is 82.6 Å². The monoisotopic (exact) mass is 464 g/mol. The number of rotatable bonds is 5. The maximum Gasteiger partial charge on any atom is 0.264 e.